The van der Waals surface area contributed by atoms with Gasteiger partial charge in [0.05, 0.1) is 19.1 Å². The van der Waals surface area contributed by atoms with E-state index >= 15 is 0 Å². The molecule has 0 N–H and O–H groups in total. The molecule has 4 rings (SSSR count). The first-order valence-electron chi connectivity index (χ1n) is 8.15. The summed E-state index contributed by atoms with van der Waals surface area (Å²) in [7, 11) is 1.26. The van der Waals surface area contributed by atoms with Gasteiger partial charge in [0.25, 0.3) is 0 Å². The van der Waals surface area contributed by atoms with E-state index in [-0.39, 0.29) is 30.5 Å². The summed E-state index contributed by atoms with van der Waals surface area (Å²) in [5.74, 6) is -0.550. The van der Waals surface area contributed by atoms with Crippen molar-refractivity contribution >= 4 is 17.8 Å². The van der Waals surface area contributed by atoms with E-state index < -0.39 is 11.4 Å². The number of aryl methyl sites for hydroxylation is 1. The number of nitrogens with zero attached hydrogens (tertiary/aromatic N) is 1. The predicted molar refractivity (Wildman–Crippen MR) is 86.7 cm³/mol. The maximum absolute atomic E-state index is 13.1. The SMILES string of the molecule is COC(=O)c1ccc(CN2C(=O)C[C@@]3(CCc4ccccc43)C2=O)o1. The zero-order valence-corrected chi connectivity index (χ0v) is 13.8. The lowest BCUT2D eigenvalue weighted by atomic mass is 9.80. The molecule has 2 aliphatic rings. The monoisotopic (exact) mass is 339 g/mol. The average molecular weight is 339 g/mol. The van der Waals surface area contributed by atoms with Gasteiger partial charge in [0, 0.05) is 6.42 Å². The van der Waals surface area contributed by atoms with Crippen LogP contribution in [-0.2, 0) is 32.7 Å². The molecule has 0 bridgehead atoms. The standard InChI is InChI=1S/C19H17NO5/c1-24-17(22)15-7-6-13(25-15)11-20-16(21)10-19(18(20)23)9-8-12-4-2-3-5-14(12)19/h2-7H,8-11H2,1H3/t19-/m1/s1. The van der Waals surface area contributed by atoms with Crippen molar-refractivity contribution in [3.05, 3.63) is 59.0 Å². The normalized spacial score (nSPS) is 21.9. The Bertz CT molecular complexity index is 883. The van der Waals surface area contributed by atoms with Gasteiger partial charge in [-0.25, -0.2) is 4.79 Å². The molecule has 1 aliphatic carbocycles. The van der Waals surface area contributed by atoms with Gasteiger partial charge in [0.1, 0.15) is 5.76 Å². The number of benzene rings is 1. The fourth-order valence-corrected chi connectivity index (χ4v) is 3.88. The summed E-state index contributed by atoms with van der Waals surface area (Å²) in [6, 6.07) is 10.9. The molecule has 0 radical (unpaired) electrons. The van der Waals surface area contributed by atoms with Crippen LogP contribution in [0.25, 0.3) is 0 Å². The average Bonchev–Trinajstić information content (AvgIpc) is 3.30. The Morgan fingerprint density at radius 3 is 2.84 bits per heavy atom. The van der Waals surface area contributed by atoms with Crippen LogP contribution < -0.4 is 0 Å². The Balaban J connectivity index is 1.61. The fourth-order valence-electron chi connectivity index (χ4n) is 3.88. The number of ether oxygens (including phenoxy) is 1. The molecule has 0 unspecified atom stereocenters. The lowest BCUT2D eigenvalue weighted by Crippen LogP contribution is -2.36. The Morgan fingerprint density at radius 2 is 2.04 bits per heavy atom. The zero-order chi connectivity index (χ0) is 17.6. The number of carbonyl (C=O) groups excluding carboxylic acids is 3. The quantitative estimate of drug-likeness (QED) is 0.633. The molecule has 6 heteroatoms. The molecule has 1 spiro atoms. The van der Waals surface area contributed by atoms with E-state index in [1.165, 1.54) is 18.1 Å². The molecule has 0 saturated carbocycles. The molecule has 2 heterocycles. The van der Waals surface area contributed by atoms with E-state index in [1.807, 2.05) is 24.3 Å². The van der Waals surface area contributed by atoms with Crippen LogP contribution in [-0.4, -0.2) is 29.8 Å². The molecule has 1 aliphatic heterocycles. The minimum Gasteiger partial charge on any atom is -0.463 e. The van der Waals surface area contributed by atoms with Gasteiger partial charge in [0.2, 0.25) is 17.6 Å². The molecule has 1 atom stereocenters. The van der Waals surface area contributed by atoms with Crippen molar-refractivity contribution in [1.82, 2.24) is 4.90 Å². The largest absolute Gasteiger partial charge is 0.463 e. The van der Waals surface area contributed by atoms with Crippen LogP contribution in [0.3, 0.4) is 0 Å². The van der Waals surface area contributed by atoms with Crippen LogP contribution in [0.4, 0.5) is 0 Å². The van der Waals surface area contributed by atoms with Crippen LogP contribution in [0.2, 0.25) is 0 Å². The first kappa shape index (κ1) is 15.6. The number of fused-ring (bicyclic) bond motifs is 2. The van der Waals surface area contributed by atoms with Crippen molar-refractivity contribution in [2.75, 3.05) is 7.11 Å². The van der Waals surface area contributed by atoms with Crippen molar-refractivity contribution in [2.45, 2.75) is 31.2 Å². The van der Waals surface area contributed by atoms with Crippen LogP contribution in [0, 0.1) is 0 Å². The van der Waals surface area contributed by atoms with Gasteiger partial charge in [-0.2, -0.15) is 0 Å². The summed E-state index contributed by atoms with van der Waals surface area (Å²) < 4.78 is 9.99. The first-order valence-corrected chi connectivity index (χ1v) is 8.15. The van der Waals surface area contributed by atoms with Crippen LogP contribution in [0.1, 0.15) is 40.3 Å². The van der Waals surface area contributed by atoms with E-state index in [0.717, 1.165) is 17.5 Å². The van der Waals surface area contributed by atoms with E-state index in [1.54, 1.807) is 6.07 Å². The lowest BCUT2D eigenvalue weighted by molar-refractivity contribution is -0.140. The molecule has 1 aromatic carbocycles. The lowest BCUT2D eigenvalue weighted by Gasteiger charge is -2.22. The molecule has 25 heavy (non-hydrogen) atoms. The Morgan fingerprint density at radius 1 is 1.24 bits per heavy atom. The third-order valence-corrected chi connectivity index (χ3v) is 5.12. The molecule has 128 valence electrons. The highest BCUT2D eigenvalue weighted by Gasteiger charge is 2.55. The fraction of sp³-hybridized carbons (Fsp3) is 0.316. The number of methoxy groups -OCH3 is 1. The van der Waals surface area contributed by atoms with Crippen LogP contribution >= 0.6 is 0 Å². The van der Waals surface area contributed by atoms with Crippen LogP contribution in [0.15, 0.2) is 40.8 Å². The Labute approximate surface area is 144 Å². The third-order valence-electron chi connectivity index (χ3n) is 5.12. The van der Waals surface area contributed by atoms with Crippen molar-refractivity contribution < 1.29 is 23.5 Å². The van der Waals surface area contributed by atoms with E-state index in [0.29, 0.717) is 12.2 Å². The number of esters is 1. The number of hydrogen-bond acceptors (Lipinski definition) is 5. The van der Waals surface area contributed by atoms with Crippen molar-refractivity contribution in [1.29, 1.82) is 0 Å². The molecule has 2 aromatic rings. The minimum atomic E-state index is -0.745. The Kier molecular flexibility index (Phi) is 3.49. The zero-order valence-electron chi connectivity index (χ0n) is 13.8. The smallest absolute Gasteiger partial charge is 0.373 e. The number of furan rings is 1. The highest BCUT2D eigenvalue weighted by molar-refractivity contribution is 6.09. The molecule has 1 saturated heterocycles. The molecule has 6 nitrogen and oxygen atoms in total. The summed E-state index contributed by atoms with van der Waals surface area (Å²) in [6.45, 7) is 0.0264. The summed E-state index contributed by atoms with van der Waals surface area (Å²) >= 11 is 0. The topological polar surface area (TPSA) is 76.8 Å². The van der Waals surface area contributed by atoms with Gasteiger partial charge in [-0.3, -0.25) is 14.5 Å². The molecular weight excluding hydrogens is 322 g/mol. The van der Waals surface area contributed by atoms with Crippen molar-refractivity contribution in [3.63, 3.8) is 0 Å². The number of likely N-dealkylation sites (tertiary alicyclic amines) is 1. The van der Waals surface area contributed by atoms with Gasteiger partial charge in [0.15, 0.2) is 0 Å². The number of carbonyl (C=O) groups is 3. The molecule has 1 fully saturated rings. The first-order chi connectivity index (χ1) is 12.0. The highest BCUT2D eigenvalue weighted by Crippen LogP contribution is 2.47. The summed E-state index contributed by atoms with van der Waals surface area (Å²) in [6.07, 6.45) is 1.64. The molecule has 1 aromatic heterocycles. The second kappa shape index (κ2) is 5.58. The van der Waals surface area contributed by atoms with E-state index in [4.69, 9.17) is 4.42 Å². The van der Waals surface area contributed by atoms with Gasteiger partial charge < -0.3 is 9.15 Å². The van der Waals surface area contributed by atoms with Gasteiger partial charge >= 0.3 is 5.97 Å². The maximum Gasteiger partial charge on any atom is 0.373 e. The van der Waals surface area contributed by atoms with E-state index in [9.17, 15) is 14.4 Å². The molecule has 2 amide bonds. The third kappa shape index (κ3) is 2.28. The number of rotatable bonds is 3. The second-order valence-electron chi connectivity index (χ2n) is 6.46. The predicted octanol–water partition coefficient (Wildman–Crippen LogP) is 2.21. The molecular formula is C19H17NO5. The van der Waals surface area contributed by atoms with E-state index in [2.05, 4.69) is 4.74 Å². The van der Waals surface area contributed by atoms with Crippen molar-refractivity contribution in [3.8, 4) is 0 Å². The van der Waals surface area contributed by atoms with Crippen molar-refractivity contribution in [2.24, 2.45) is 0 Å². The maximum atomic E-state index is 13.1. The number of amides is 2. The second-order valence-corrected chi connectivity index (χ2v) is 6.46. The number of hydrogen-bond donors (Lipinski definition) is 0. The highest BCUT2D eigenvalue weighted by atomic mass is 16.5. The minimum absolute atomic E-state index is 0.0264. The van der Waals surface area contributed by atoms with Gasteiger partial charge in [-0.1, -0.05) is 24.3 Å². The number of imide groups is 1. The van der Waals surface area contributed by atoms with Gasteiger partial charge in [-0.05, 0) is 36.1 Å². The Hall–Kier alpha value is -2.89. The summed E-state index contributed by atoms with van der Waals surface area (Å²) in [5, 5.41) is 0. The van der Waals surface area contributed by atoms with Gasteiger partial charge in [-0.15, -0.1) is 0 Å². The van der Waals surface area contributed by atoms with Crippen LogP contribution in [0.5, 0.6) is 0 Å². The summed E-state index contributed by atoms with van der Waals surface area (Å²) in [4.78, 5) is 38.3. The summed E-state index contributed by atoms with van der Waals surface area (Å²) in [5.41, 5.74) is 1.35.